The number of nitrogens with zero attached hydrogens (tertiary/aromatic N) is 1. The first kappa shape index (κ1) is 14.3. The van der Waals surface area contributed by atoms with Crippen molar-refractivity contribution < 1.29 is 19.1 Å². The molecule has 0 N–H and O–H groups in total. The monoisotopic (exact) mass is 297 g/mol. The zero-order chi connectivity index (χ0) is 15.5. The summed E-state index contributed by atoms with van der Waals surface area (Å²) < 4.78 is 10.4. The van der Waals surface area contributed by atoms with Gasteiger partial charge in [0.05, 0.1) is 23.4 Å². The van der Waals surface area contributed by atoms with E-state index in [-0.39, 0.29) is 11.8 Å². The molecule has 0 spiro atoms. The fourth-order valence-corrected chi connectivity index (χ4v) is 2.38. The number of rotatable bonds is 5. The Balaban J connectivity index is 1.88. The summed E-state index contributed by atoms with van der Waals surface area (Å²) in [6.07, 6.45) is 0. The van der Waals surface area contributed by atoms with Crippen LogP contribution in [0.15, 0.2) is 48.5 Å². The third-order valence-corrected chi connectivity index (χ3v) is 3.43. The first-order chi connectivity index (χ1) is 10.7. The zero-order valence-electron chi connectivity index (χ0n) is 12.1. The second kappa shape index (κ2) is 5.99. The molecule has 2 aromatic carbocycles. The van der Waals surface area contributed by atoms with Crippen LogP contribution in [0.25, 0.3) is 0 Å². The van der Waals surface area contributed by atoms with Gasteiger partial charge in [0.1, 0.15) is 12.4 Å². The third-order valence-electron chi connectivity index (χ3n) is 3.43. The van der Waals surface area contributed by atoms with E-state index < -0.39 is 0 Å². The van der Waals surface area contributed by atoms with E-state index in [1.54, 1.807) is 55.6 Å². The maximum Gasteiger partial charge on any atom is 0.266 e. The van der Waals surface area contributed by atoms with Crippen molar-refractivity contribution in [3.63, 3.8) is 0 Å². The molecule has 0 bridgehead atoms. The number of hydrogen-bond acceptors (Lipinski definition) is 4. The Hall–Kier alpha value is -2.66. The van der Waals surface area contributed by atoms with Crippen molar-refractivity contribution in [2.45, 2.75) is 0 Å². The van der Waals surface area contributed by atoms with Crippen LogP contribution in [0, 0.1) is 0 Å². The van der Waals surface area contributed by atoms with Gasteiger partial charge in [-0.15, -0.1) is 0 Å². The van der Waals surface area contributed by atoms with Gasteiger partial charge in [-0.05, 0) is 24.3 Å². The molecule has 0 radical (unpaired) electrons. The number of fused-ring (bicyclic) bond motifs is 1. The minimum absolute atomic E-state index is 0.311. The molecule has 112 valence electrons. The SMILES string of the molecule is COCCOc1cccc(N2C(=O)c3ccccc3C2=O)c1. The maximum atomic E-state index is 12.4. The number of imide groups is 1. The summed E-state index contributed by atoms with van der Waals surface area (Å²) in [5.41, 5.74) is 1.36. The van der Waals surface area contributed by atoms with Gasteiger partial charge in [-0.25, -0.2) is 4.90 Å². The van der Waals surface area contributed by atoms with E-state index in [0.29, 0.717) is 35.8 Å². The van der Waals surface area contributed by atoms with Gasteiger partial charge in [0.25, 0.3) is 11.8 Å². The molecular weight excluding hydrogens is 282 g/mol. The number of anilines is 1. The van der Waals surface area contributed by atoms with E-state index in [1.165, 1.54) is 4.90 Å². The molecule has 3 rings (SSSR count). The number of methoxy groups -OCH3 is 1. The molecule has 0 saturated carbocycles. The highest BCUT2D eigenvalue weighted by Crippen LogP contribution is 2.30. The Morgan fingerprint density at radius 3 is 2.23 bits per heavy atom. The molecule has 22 heavy (non-hydrogen) atoms. The molecule has 2 aromatic rings. The van der Waals surface area contributed by atoms with Crippen molar-refractivity contribution in [3.8, 4) is 5.75 Å². The normalized spacial score (nSPS) is 13.4. The van der Waals surface area contributed by atoms with Crippen LogP contribution in [0.5, 0.6) is 5.75 Å². The maximum absolute atomic E-state index is 12.4. The van der Waals surface area contributed by atoms with Crippen LogP contribution in [-0.2, 0) is 4.74 Å². The van der Waals surface area contributed by atoms with Crippen LogP contribution in [0.4, 0.5) is 5.69 Å². The average molecular weight is 297 g/mol. The molecule has 0 aliphatic carbocycles. The second-order valence-electron chi connectivity index (χ2n) is 4.83. The predicted octanol–water partition coefficient (Wildman–Crippen LogP) is 2.51. The fraction of sp³-hybridized carbons (Fsp3) is 0.176. The molecule has 2 amide bonds. The van der Waals surface area contributed by atoms with Crippen molar-refractivity contribution in [1.82, 2.24) is 0 Å². The number of ether oxygens (including phenoxy) is 2. The van der Waals surface area contributed by atoms with Crippen LogP contribution in [-0.4, -0.2) is 32.1 Å². The van der Waals surface area contributed by atoms with Gasteiger partial charge in [-0.3, -0.25) is 9.59 Å². The zero-order valence-corrected chi connectivity index (χ0v) is 12.1. The van der Waals surface area contributed by atoms with Crippen LogP contribution in [0.3, 0.4) is 0 Å². The standard InChI is InChI=1S/C17H15NO4/c1-21-9-10-22-13-6-4-5-12(11-13)18-16(19)14-7-2-3-8-15(14)17(18)20/h2-8,11H,9-10H2,1H3. The molecule has 5 nitrogen and oxygen atoms in total. The Morgan fingerprint density at radius 2 is 1.59 bits per heavy atom. The van der Waals surface area contributed by atoms with E-state index in [1.807, 2.05) is 0 Å². The van der Waals surface area contributed by atoms with Gasteiger partial charge >= 0.3 is 0 Å². The summed E-state index contributed by atoms with van der Waals surface area (Å²) in [4.78, 5) is 26.0. The summed E-state index contributed by atoms with van der Waals surface area (Å²) in [5.74, 6) is -0.0320. The molecule has 0 unspecified atom stereocenters. The molecule has 0 aromatic heterocycles. The van der Waals surface area contributed by atoms with E-state index in [0.717, 1.165) is 0 Å². The Labute approximate surface area is 128 Å². The summed E-state index contributed by atoms with van der Waals surface area (Å²) >= 11 is 0. The van der Waals surface area contributed by atoms with E-state index in [4.69, 9.17) is 9.47 Å². The average Bonchev–Trinajstić information content (AvgIpc) is 2.80. The first-order valence-electron chi connectivity index (χ1n) is 6.92. The summed E-state index contributed by atoms with van der Waals surface area (Å²) in [5, 5.41) is 0. The van der Waals surface area contributed by atoms with Crippen LogP contribution < -0.4 is 9.64 Å². The lowest BCUT2D eigenvalue weighted by Gasteiger charge is -2.15. The number of hydrogen-bond donors (Lipinski definition) is 0. The van der Waals surface area contributed by atoms with Gasteiger partial charge in [-0.1, -0.05) is 18.2 Å². The molecule has 0 atom stereocenters. The van der Waals surface area contributed by atoms with Gasteiger partial charge < -0.3 is 9.47 Å². The third kappa shape index (κ3) is 2.46. The molecule has 5 heteroatoms. The first-order valence-corrected chi connectivity index (χ1v) is 6.92. The van der Waals surface area contributed by atoms with Gasteiger partial charge in [0, 0.05) is 13.2 Å². The van der Waals surface area contributed by atoms with Crippen molar-refractivity contribution in [1.29, 1.82) is 0 Å². The summed E-state index contributed by atoms with van der Waals surface area (Å²) in [6.45, 7) is 0.874. The number of amides is 2. The number of carbonyl (C=O) groups excluding carboxylic acids is 2. The molecular formula is C17H15NO4. The highest BCUT2D eigenvalue weighted by Gasteiger charge is 2.36. The van der Waals surface area contributed by atoms with E-state index in [9.17, 15) is 9.59 Å². The smallest absolute Gasteiger partial charge is 0.266 e. The van der Waals surface area contributed by atoms with Crippen molar-refractivity contribution >= 4 is 17.5 Å². The lowest BCUT2D eigenvalue weighted by molar-refractivity contribution is 0.0926. The molecule has 1 aliphatic heterocycles. The van der Waals surface area contributed by atoms with Crippen molar-refractivity contribution in [2.24, 2.45) is 0 Å². The summed E-state index contributed by atoms with van der Waals surface area (Å²) in [6, 6.07) is 13.7. The van der Waals surface area contributed by atoms with E-state index >= 15 is 0 Å². The molecule has 0 saturated heterocycles. The summed E-state index contributed by atoms with van der Waals surface area (Å²) in [7, 11) is 1.60. The topological polar surface area (TPSA) is 55.8 Å². The fourth-order valence-electron chi connectivity index (χ4n) is 2.38. The second-order valence-corrected chi connectivity index (χ2v) is 4.83. The van der Waals surface area contributed by atoms with Gasteiger partial charge in [0.15, 0.2) is 0 Å². The largest absolute Gasteiger partial charge is 0.491 e. The number of carbonyl (C=O) groups is 2. The highest BCUT2D eigenvalue weighted by atomic mass is 16.5. The molecule has 0 fully saturated rings. The quantitative estimate of drug-likeness (QED) is 0.628. The van der Waals surface area contributed by atoms with Gasteiger partial charge in [-0.2, -0.15) is 0 Å². The van der Waals surface area contributed by atoms with Crippen LogP contribution >= 0.6 is 0 Å². The van der Waals surface area contributed by atoms with E-state index in [2.05, 4.69) is 0 Å². The minimum atomic E-state index is -0.311. The minimum Gasteiger partial charge on any atom is -0.491 e. The molecule has 1 heterocycles. The Bertz CT molecular complexity index is 691. The van der Waals surface area contributed by atoms with Crippen molar-refractivity contribution in [3.05, 3.63) is 59.7 Å². The lowest BCUT2D eigenvalue weighted by Crippen LogP contribution is -2.29. The Morgan fingerprint density at radius 1 is 0.909 bits per heavy atom. The molecule has 1 aliphatic rings. The predicted molar refractivity (Wildman–Crippen MR) is 81.4 cm³/mol. The van der Waals surface area contributed by atoms with Crippen LogP contribution in [0.2, 0.25) is 0 Å². The lowest BCUT2D eigenvalue weighted by atomic mass is 10.1. The van der Waals surface area contributed by atoms with Crippen LogP contribution in [0.1, 0.15) is 20.7 Å². The van der Waals surface area contributed by atoms with Crippen molar-refractivity contribution in [2.75, 3.05) is 25.2 Å². The number of benzene rings is 2. The van der Waals surface area contributed by atoms with Gasteiger partial charge in [0.2, 0.25) is 0 Å². The Kier molecular flexibility index (Phi) is 3.89. The highest BCUT2D eigenvalue weighted by molar-refractivity contribution is 6.34.